The first-order chi connectivity index (χ1) is 10.3. The molecule has 1 aliphatic rings. The van der Waals surface area contributed by atoms with Gasteiger partial charge in [0, 0.05) is 19.1 Å². The van der Waals surface area contributed by atoms with Crippen LogP contribution in [0.15, 0.2) is 0 Å². The Hall–Kier alpha value is -0.850. The normalized spacial score (nSPS) is 20.1. The molecule has 1 unspecified atom stereocenters. The molecule has 0 aromatic heterocycles. The van der Waals surface area contributed by atoms with Gasteiger partial charge in [-0.1, -0.05) is 6.92 Å². The molecule has 1 heterocycles. The molecule has 1 amide bonds. The third kappa shape index (κ3) is 5.41. The molecule has 1 fully saturated rings. The van der Waals surface area contributed by atoms with E-state index < -0.39 is 11.1 Å². The third-order valence-corrected chi connectivity index (χ3v) is 4.25. The zero-order valence-corrected chi connectivity index (χ0v) is 14.4. The number of piperidine rings is 1. The van der Waals surface area contributed by atoms with E-state index in [-0.39, 0.29) is 25.3 Å². The lowest BCUT2D eigenvalue weighted by molar-refractivity contribution is 0.00700. The minimum atomic E-state index is -0.683. The predicted molar refractivity (Wildman–Crippen MR) is 85.8 cm³/mol. The lowest BCUT2D eigenvalue weighted by Gasteiger charge is -2.39. The average Bonchev–Trinajstić information content (AvgIpc) is 2.48. The highest BCUT2D eigenvalue weighted by atomic mass is 16.6. The minimum Gasteiger partial charge on any atom is -0.444 e. The Bertz CT molecular complexity index is 342. The summed E-state index contributed by atoms with van der Waals surface area (Å²) < 4.78 is 5.48. The van der Waals surface area contributed by atoms with Gasteiger partial charge in [-0.3, -0.25) is 0 Å². The van der Waals surface area contributed by atoms with Gasteiger partial charge < -0.3 is 25.2 Å². The molecule has 1 rings (SSSR count). The van der Waals surface area contributed by atoms with Crippen LogP contribution >= 0.6 is 0 Å². The topological polar surface area (TPSA) is 82.0 Å². The first-order valence-corrected chi connectivity index (χ1v) is 8.23. The van der Waals surface area contributed by atoms with Crippen LogP contribution in [-0.4, -0.2) is 64.7 Å². The molecule has 1 aliphatic heterocycles. The Labute approximate surface area is 133 Å². The number of ether oxygens (including phenoxy) is 1. The number of rotatable bonds is 6. The van der Waals surface area contributed by atoms with E-state index in [1.165, 1.54) is 0 Å². The molecule has 0 bridgehead atoms. The molecule has 0 radical (unpaired) electrons. The summed E-state index contributed by atoms with van der Waals surface area (Å²) in [5.74, 6) is 0. The van der Waals surface area contributed by atoms with Gasteiger partial charge in [-0.2, -0.15) is 0 Å². The summed E-state index contributed by atoms with van der Waals surface area (Å²) in [6.45, 7) is 8.50. The second-order valence-corrected chi connectivity index (χ2v) is 7.15. The number of nitrogens with zero attached hydrogens (tertiary/aromatic N) is 1. The van der Waals surface area contributed by atoms with E-state index in [1.807, 2.05) is 27.7 Å². The van der Waals surface area contributed by atoms with Crippen molar-refractivity contribution in [2.24, 2.45) is 0 Å². The molecule has 1 saturated heterocycles. The van der Waals surface area contributed by atoms with E-state index in [2.05, 4.69) is 5.32 Å². The highest BCUT2D eigenvalue weighted by molar-refractivity contribution is 5.68. The first-order valence-electron chi connectivity index (χ1n) is 8.23. The smallest absolute Gasteiger partial charge is 0.410 e. The SMILES string of the molecule is CCC(CO)(CO)NCC1CCCCN1C(=O)OC(C)(C)C. The number of amides is 1. The van der Waals surface area contributed by atoms with Gasteiger partial charge >= 0.3 is 6.09 Å². The summed E-state index contributed by atoms with van der Waals surface area (Å²) in [7, 11) is 0. The van der Waals surface area contributed by atoms with E-state index in [0.717, 1.165) is 19.3 Å². The van der Waals surface area contributed by atoms with Crippen molar-refractivity contribution in [2.45, 2.75) is 70.6 Å². The Morgan fingerprint density at radius 2 is 1.91 bits per heavy atom. The Morgan fingerprint density at radius 1 is 1.27 bits per heavy atom. The number of hydrogen-bond donors (Lipinski definition) is 3. The highest BCUT2D eigenvalue weighted by Crippen LogP contribution is 2.21. The molecular formula is C16H32N2O4. The van der Waals surface area contributed by atoms with Crippen LogP contribution in [0, 0.1) is 0 Å². The maximum atomic E-state index is 12.3. The number of carbonyl (C=O) groups is 1. The average molecular weight is 316 g/mol. The van der Waals surface area contributed by atoms with Crippen LogP contribution in [-0.2, 0) is 4.74 Å². The van der Waals surface area contributed by atoms with Gasteiger partial charge in [-0.05, 0) is 46.5 Å². The fourth-order valence-corrected chi connectivity index (χ4v) is 2.62. The molecule has 130 valence electrons. The third-order valence-electron chi connectivity index (χ3n) is 4.25. The Balaban J connectivity index is 2.67. The van der Waals surface area contributed by atoms with Gasteiger partial charge in [-0.15, -0.1) is 0 Å². The molecule has 6 heteroatoms. The molecule has 0 spiro atoms. The number of nitrogens with one attached hydrogen (secondary N) is 1. The zero-order valence-electron chi connectivity index (χ0n) is 14.4. The fraction of sp³-hybridized carbons (Fsp3) is 0.938. The molecule has 6 nitrogen and oxygen atoms in total. The summed E-state index contributed by atoms with van der Waals surface area (Å²) in [5, 5.41) is 22.3. The predicted octanol–water partition coefficient (Wildman–Crippen LogP) is 1.50. The first kappa shape index (κ1) is 19.2. The van der Waals surface area contributed by atoms with Crippen LogP contribution in [0.4, 0.5) is 4.79 Å². The fourth-order valence-electron chi connectivity index (χ4n) is 2.62. The molecule has 0 aromatic carbocycles. The summed E-state index contributed by atoms with van der Waals surface area (Å²) in [6, 6.07) is 0.0348. The minimum absolute atomic E-state index is 0.0348. The Morgan fingerprint density at radius 3 is 2.41 bits per heavy atom. The summed E-state index contributed by atoms with van der Waals surface area (Å²) in [6.07, 6.45) is 3.30. The lowest BCUT2D eigenvalue weighted by atomic mass is 9.96. The van der Waals surface area contributed by atoms with Gasteiger partial charge in [0.2, 0.25) is 0 Å². The molecule has 22 heavy (non-hydrogen) atoms. The summed E-state index contributed by atoms with van der Waals surface area (Å²) in [5.41, 5.74) is -1.19. The number of aliphatic hydroxyl groups excluding tert-OH is 2. The van der Waals surface area contributed by atoms with Crippen molar-refractivity contribution in [1.29, 1.82) is 0 Å². The lowest BCUT2D eigenvalue weighted by Crippen LogP contribution is -2.57. The van der Waals surface area contributed by atoms with Gasteiger partial charge in [-0.25, -0.2) is 4.79 Å². The summed E-state index contributed by atoms with van der Waals surface area (Å²) in [4.78, 5) is 14.1. The van der Waals surface area contributed by atoms with Crippen molar-refractivity contribution in [3.8, 4) is 0 Å². The molecule has 0 aromatic rings. The maximum Gasteiger partial charge on any atom is 0.410 e. The van der Waals surface area contributed by atoms with E-state index in [9.17, 15) is 15.0 Å². The van der Waals surface area contributed by atoms with Crippen LogP contribution in [0.1, 0.15) is 53.4 Å². The van der Waals surface area contributed by atoms with Gasteiger partial charge in [0.25, 0.3) is 0 Å². The summed E-state index contributed by atoms with van der Waals surface area (Å²) >= 11 is 0. The van der Waals surface area contributed by atoms with Gasteiger partial charge in [0.05, 0.1) is 18.8 Å². The van der Waals surface area contributed by atoms with E-state index >= 15 is 0 Å². The standard InChI is InChI=1S/C16H32N2O4/c1-5-16(11-19,12-20)17-10-13-8-6-7-9-18(13)14(21)22-15(2,3)4/h13,17,19-20H,5-12H2,1-4H3. The van der Waals surface area contributed by atoms with Crippen LogP contribution in [0.3, 0.4) is 0 Å². The van der Waals surface area contributed by atoms with Crippen LogP contribution < -0.4 is 5.32 Å². The van der Waals surface area contributed by atoms with Crippen molar-refractivity contribution in [3.63, 3.8) is 0 Å². The van der Waals surface area contributed by atoms with Gasteiger partial charge in [0.15, 0.2) is 0 Å². The monoisotopic (exact) mass is 316 g/mol. The maximum absolute atomic E-state index is 12.3. The zero-order chi connectivity index (χ0) is 16.8. The largest absolute Gasteiger partial charge is 0.444 e. The van der Waals surface area contributed by atoms with Crippen molar-refractivity contribution >= 4 is 6.09 Å². The van der Waals surface area contributed by atoms with Gasteiger partial charge in [0.1, 0.15) is 5.60 Å². The molecule has 1 atom stereocenters. The van der Waals surface area contributed by atoms with Crippen molar-refractivity contribution in [2.75, 3.05) is 26.3 Å². The second-order valence-electron chi connectivity index (χ2n) is 7.15. The van der Waals surface area contributed by atoms with Crippen molar-refractivity contribution in [3.05, 3.63) is 0 Å². The number of likely N-dealkylation sites (tertiary alicyclic amines) is 1. The van der Waals surface area contributed by atoms with Crippen LogP contribution in [0.25, 0.3) is 0 Å². The van der Waals surface area contributed by atoms with Crippen molar-refractivity contribution in [1.82, 2.24) is 10.2 Å². The quantitative estimate of drug-likeness (QED) is 0.692. The number of aliphatic hydroxyl groups is 2. The molecule has 3 N–H and O–H groups in total. The molecule has 0 aliphatic carbocycles. The van der Waals surface area contributed by atoms with Crippen LogP contribution in [0.2, 0.25) is 0 Å². The number of hydrogen-bond acceptors (Lipinski definition) is 5. The number of carbonyl (C=O) groups excluding carboxylic acids is 1. The van der Waals surface area contributed by atoms with E-state index in [0.29, 0.717) is 19.5 Å². The Kier molecular flexibility index (Phi) is 7.09. The van der Waals surface area contributed by atoms with E-state index in [1.54, 1.807) is 4.90 Å². The highest BCUT2D eigenvalue weighted by Gasteiger charge is 2.33. The van der Waals surface area contributed by atoms with Crippen LogP contribution in [0.5, 0.6) is 0 Å². The van der Waals surface area contributed by atoms with E-state index in [4.69, 9.17) is 4.74 Å². The molecule has 0 saturated carbocycles. The molecular weight excluding hydrogens is 284 g/mol. The van der Waals surface area contributed by atoms with Crippen molar-refractivity contribution < 1.29 is 19.7 Å². The second kappa shape index (κ2) is 8.13.